The van der Waals surface area contributed by atoms with Gasteiger partial charge in [0.1, 0.15) is 66.1 Å². The van der Waals surface area contributed by atoms with Gasteiger partial charge in [0.05, 0.1) is 19.2 Å². The first-order valence-corrected chi connectivity index (χ1v) is 34.5. The Balaban J connectivity index is 1.78. The first-order valence-electron chi connectivity index (χ1n) is 33.6. The fourth-order valence-electron chi connectivity index (χ4n) is 10.5. The summed E-state index contributed by atoms with van der Waals surface area (Å²) >= 11 is 0.961. The number of carboxylic acid groups (broad SMARTS) is 2. The Labute approximate surface area is 583 Å². The molecule has 0 saturated carbocycles. The maximum absolute atomic E-state index is 14.9. The third-order valence-electron chi connectivity index (χ3n) is 17.0. The molecule has 1 aliphatic heterocycles. The highest BCUT2D eigenvalue weighted by atomic mass is 32.1. The van der Waals surface area contributed by atoms with Gasteiger partial charge >= 0.3 is 11.9 Å². The molecule has 0 aliphatic carbocycles. The van der Waals surface area contributed by atoms with E-state index in [0.717, 1.165) is 11.3 Å². The zero-order valence-corrected chi connectivity index (χ0v) is 58.5. The quantitative estimate of drug-likeness (QED) is 0.0359. The highest BCUT2D eigenvalue weighted by Gasteiger charge is 2.39. The molecule has 1 unspecified atom stereocenters. The number of nitrogens with zero attached hydrogens (tertiary/aromatic N) is 2. The average Bonchev–Trinajstić information content (AvgIpc) is 1.37. The highest BCUT2D eigenvalue weighted by molar-refractivity contribution is 7.12. The number of aliphatic carboxylic acids is 2. The molecule has 1 aliphatic rings. The molecular weight excluding hydrogens is 1320 g/mol. The van der Waals surface area contributed by atoms with Crippen LogP contribution < -0.4 is 70.0 Å². The number of carboxylic acids is 2. The van der Waals surface area contributed by atoms with Crippen LogP contribution in [0.3, 0.4) is 0 Å². The minimum absolute atomic E-state index is 0.00921. The standard InChI is InChI=1S/C66H98N16O17S/c1-9-35(6)52(82-58(92)42(22-23-50(84)85)73-59(93)43(26-34(4)5)75-63(97)48-32-100-66(80-48)54(88)37(8)11-3)64(98)74-40-20-15-16-25-70-55(89)46(29-49(68)83)77-62(96)47(30-51(86)87)78-61(95)45(28-39-31-69-33-71-39)76-60(94)44(27-38-18-13-12-14-19-38)79-65(99)53(36(7)10-2)81-57(91)41(21-17-24-67)72-56(40)90/h12-14,18-19,31-37,40-47,52-53H,9-11,15-17,20-30,67H2,1-8H3,(H2,68,83)(H,69,71)(H,70,89)(H,72,90)(H,73,93)(H,74,98)(H,75,97)(H,76,94)(H,77,96)(H,78,95)(H,79,99)(H,81,91)(H,82,92)(H,84,85)(H,86,87)/t35-,36-,37-,40-,41-,42-,43-,44-,45-,46+,47?,52-,53-/m1/s1. The third kappa shape index (κ3) is 27.2. The number of Topliss-reactive ketones (excluding diaryl/α,β-unsaturated/α-hetero) is 1. The largest absolute Gasteiger partial charge is 0.481 e. The molecule has 1 saturated heterocycles. The molecule has 1 aromatic carbocycles. The van der Waals surface area contributed by atoms with E-state index in [4.69, 9.17) is 11.5 Å². The van der Waals surface area contributed by atoms with Crippen molar-refractivity contribution in [1.29, 1.82) is 0 Å². The molecule has 0 radical (unpaired) electrons. The van der Waals surface area contributed by atoms with E-state index in [1.807, 2.05) is 6.92 Å². The summed E-state index contributed by atoms with van der Waals surface area (Å²) in [4.78, 5) is 219. The van der Waals surface area contributed by atoms with Crippen LogP contribution in [0.2, 0.25) is 0 Å². The van der Waals surface area contributed by atoms with Crippen molar-refractivity contribution in [2.45, 2.75) is 212 Å². The normalized spacial score (nSPS) is 21.3. The smallest absolute Gasteiger partial charge is 0.305 e. The topological polar surface area (TPSA) is 522 Å². The number of aromatic amines is 1. The second-order valence-corrected chi connectivity index (χ2v) is 26.3. The van der Waals surface area contributed by atoms with Crippen LogP contribution in [0.25, 0.3) is 0 Å². The number of nitrogens with one attached hydrogen (secondary N) is 12. The molecule has 18 N–H and O–H groups in total. The fourth-order valence-corrected chi connectivity index (χ4v) is 11.4. The summed E-state index contributed by atoms with van der Waals surface area (Å²) in [6, 6.07) is -7.32. The monoisotopic (exact) mass is 1420 g/mol. The first kappa shape index (κ1) is 82.7. The lowest BCUT2D eigenvalue weighted by atomic mass is 9.96. The van der Waals surface area contributed by atoms with Gasteiger partial charge in [0.15, 0.2) is 10.8 Å². The van der Waals surface area contributed by atoms with Gasteiger partial charge in [0.25, 0.3) is 5.91 Å². The summed E-state index contributed by atoms with van der Waals surface area (Å²) in [5.41, 5.74) is 12.1. The number of primary amides is 1. The Morgan fingerprint density at radius 3 is 1.86 bits per heavy atom. The van der Waals surface area contributed by atoms with Crippen LogP contribution in [-0.4, -0.2) is 187 Å². The number of H-pyrrole nitrogens is 1. The van der Waals surface area contributed by atoms with Crippen LogP contribution in [0.4, 0.5) is 0 Å². The predicted octanol–water partition coefficient (Wildman–Crippen LogP) is -0.566. The van der Waals surface area contributed by atoms with Gasteiger partial charge in [-0.15, -0.1) is 11.3 Å². The molecule has 550 valence electrons. The second-order valence-electron chi connectivity index (χ2n) is 25.4. The van der Waals surface area contributed by atoms with E-state index >= 15 is 0 Å². The third-order valence-corrected chi connectivity index (χ3v) is 17.8. The average molecular weight is 1420 g/mol. The van der Waals surface area contributed by atoms with E-state index in [2.05, 4.69) is 73.4 Å². The van der Waals surface area contributed by atoms with Gasteiger partial charge in [-0.2, -0.15) is 0 Å². The number of benzene rings is 1. The summed E-state index contributed by atoms with van der Waals surface area (Å²) in [6.07, 6.45) is -0.129. The Morgan fingerprint density at radius 1 is 0.660 bits per heavy atom. The lowest BCUT2D eigenvalue weighted by molar-refractivity contribution is -0.142. The summed E-state index contributed by atoms with van der Waals surface area (Å²) in [7, 11) is 0. The number of imidazole rings is 1. The van der Waals surface area contributed by atoms with Crippen molar-refractivity contribution < 1.29 is 82.1 Å². The van der Waals surface area contributed by atoms with Crippen molar-refractivity contribution in [3.05, 3.63) is 70.2 Å². The number of aromatic nitrogens is 3. The molecule has 1 fully saturated rings. The zero-order valence-electron chi connectivity index (χ0n) is 57.7. The second kappa shape index (κ2) is 41.6. The number of hydrogen-bond acceptors (Lipinski definition) is 19. The van der Waals surface area contributed by atoms with Gasteiger partial charge in [0.2, 0.25) is 65.0 Å². The molecule has 2 aromatic heterocycles. The van der Waals surface area contributed by atoms with Gasteiger partial charge in [-0.25, -0.2) is 9.97 Å². The van der Waals surface area contributed by atoms with E-state index in [-0.39, 0.29) is 111 Å². The molecule has 13 atom stereocenters. The molecule has 34 heteroatoms. The van der Waals surface area contributed by atoms with E-state index in [9.17, 15) is 82.1 Å². The molecule has 4 rings (SSSR count). The van der Waals surface area contributed by atoms with Gasteiger partial charge in [-0.05, 0) is 81.2 Å². The minimum atomic E-state index is -1.95. The zero-order chi connectivity index (χ0) is 74.3. The molecule has 3 heterocycles. The van der Waals surface area contributed by atoms with E-state index in [0.29, 0.717) is 12.0 Å². The van der Waals surface area contributed by atoms with Gasteiger partial charge in [0, 0.05) is 49.0 Å². The lowest BCUT2D eigenvalue weighted by Crippen LogP contribution is -2.62. The van der Waals surface area contributed by atoms with Gasteiger partial charge in [-0.1, -0.05) is 98.6 Å². The molecule has 0 spiro atoms. The van der Waals surface area contributed by atoms with Gasteiger partial charge < -0.3 is 85.1 Å². The summed E-state index contributed by atoms with van der Waals surface area (Å²) < 4.78 is 0. The Bertz CT molecular complexity index is 3310. The Morgan fingerprint density at radius 2 is 1.27 bits per heavy atom. The SMILES string of the molecule is CC[C@@H](C)C(=O)c1nc(C(=O)N[C@H](CC(C)C)C(=O)N[C@H](CCC(=O)O)C(=O)N[C@@H](C(=O)N[C@@H]2CCCCNC(=O)[C@H](CC(N)=O)NC(=O)C(CC(=O)O)NC(=O)[C@@H](Cc3cnc[nH]3)NC(=O)[C@@H](Cc3ccccc3)NC(=O)[C@@H]([C@H](C)CC)NC(=O)[C@@H](CCCN)NC2=O)[C@H](C)CC)cs1. The molecular formula is C66H98N16O17S. The number of amides is 12. The van der Waals surface area contributed by atoms with Crippen LogP contribution in [0, 0.1) is 23.7 Å². The van der Waals surface area contributed by atoms with Crippen molar-refractivity contribution in [1.82, 2.24) is 73.4 Å². The minimum Gasteiger partial charge on any atom is -0.481 e. The van der Waals surface area contributed by atoms with Crippen molar-refractivity contribution in [3.63, 3.8) is 0 Å². The van der Waals surface area contributed by atoms with Crippen LogP contribution in [0.1, 0.15) is 170 Å². The molecule has 33 nitrogen and oxygen atoms in total. The highest BCUT2D eigenvalue weighted by Crippen LogP contribution is 2.19. The number of rotatable bonds is 31. The number of hydrogen-bond donors (Lipinski definition) is 16. The molecule has 0 bridgehead atoms. The summed E-state index contributed by atoms with van der Waals surface area (Å²) in [6.45, 7) is 13.5. The van der Waals surface area contributed by atoms with Crippen molar-refractivity contribution in [2.75, 3.05) is 13.1 Å². The number of nitrogens with two attached hydrogens (primary N) is 2. The Hall–Kier alpha value is -9.73. The van der Waals surface area contributed by atoms with Crippen LogP contribution in [0.15, 0.2) is 48.2 Å². The number of carbonyl (C=O) groups is 15. The van der Waals surface area contributed by atoms with Crippen molar-refractivity contribution >= 4 is 99.9 Å². The number of thiazole rings is 1. The van der Waals surface area contributed by atoms with E-state index in [1.54, 1.807) is 78.8 Å². The maximum atomic E-state index is 14.9. The summed E-state index contributed by atoms with van der Waals surface area (Å²) in [5, 5.41) is 49.6. The van der Waals surface area contributed by atoms with Gasteiger partial charge in [-0.3, -0.25) is 71.9 Å². The Kier molecular flexibility index (Phi) is 34.4. The maximum Gasteiger partial charge on any atom is 0.305 e. The lowest BCUT2D eigenvalue weighted by Gasteiger charge is -2.30. The van der Waals surface area contributed by atoms with Crippen LogP contribution in [0.5, 0.6) is 0 Å². The van der Waals surface area contributed by atoms with Crippen LogP contribution >= 0.6 is 11.3 Å². The molecule has 100 heavy (non-hydrogen) atoms. The van der Waals surface area contributed by atoms with Crippen molar-refractivity contribution in [2.24, 2.45) is 35.1 Å². The molecule has 12 amide bonds. The van der Waals surface area contributed by atoms with Crippen LogP contribution in [-0.2, 0) is 75.2 Å². The summed E-state index contributed by atoms with van der Waals surface area (Å²) in [5.74, 6) is -16.9. The van der Waals surface area contributed by atoms with E-state index in [1.165, 1.54) is 17.9 Å². The fraction of sp³-hybridized carbons (Fsp3) is 0.591. The van der Waals surface area contributed by atoms with E-state index < -0.39 is 181 Å². The number of carbonyl (C=O) groups excluding carboxylic acids is 13. The first-order chi connectivity index (χ1) is 47.4. The predicted molar refractivity (Wildman–Crippen MR) is 363 cm³/mol. The number of ketones is 1. The van der Waals surface area contributed by atoms with Crippen molar-refractivity contribution in [3.8, 4) is 0 Å². The molecule has 3 aromatic rings.